The van der Waals surface area contributed by atoms with Crippen molar-refractivity contribution in [2.45, 2.75) is 38.0 Å². The van der Waals surface area contributed by atoms with Crippen molar-refractivity contribution < 1.29 is 22.7 Å². The normalized spacial score (nSPS) is 15.1. The summed E-state index contributed by atoms with van der Waals surface area (Å²) in [7, 11) is -3.73. The number of anilines is 1. The summed E-state index contributed by atoms with van der Waals surface area (Å²) in [5.74, 6) is -0.443. The molecular weight excluding hydrogens is 426 g/mol. The minimum atomic E-state index is -3.73. The minimum Gasteiger partial charge on any atom is -0.466 e. The molecule has 3 rings (SSSR count). The van der Waals surface area contributed by atoms with Crippen LogP contribution in [0.5, 0.6) is 0 Å². The van der Waals surface area contributed by atoms with Crippen LogP contribution >= 0.6 is 11.3 Å². The van der Waals surface area contributed by atoms with E-state index in [0.29, 0.717) is 38.2 Å². The summed E-state index contributed by atoms with van der Waals surface area (Å²) in [6, 6.07) is 6.53. The van der Waals surface area contributed by atoms with E-state index in [4.69, 9.17) is 4.74 Å². The fourth-order valence-electron chi connectivity index (χ4n) is 3.22. The fraction of sp³-hybridized carbons (Fsp3) is 0.450. The Hall–Kier alpha value is -2.46. The van der Waals surface area contributed by atoms with Gasteiger partial charge in [-0.25, -0.2) is 13.4 Å². The summed E-state index contributed by atoms with van der Waals surface area (Å²) in [4.78, 5) is 30.5. The van der Waals surface area contributed by atoms with Crippen molar-refractivity contribution in [1.82, 2.24) is 9.88 Å². The van der Waals surface area contributed by atoms with Crippen LogP contribution in [0.1, 0.15) is 31.0 Å². The largest absolute Gasteiger partial charge is 0.466 e. The summed E-state index contributed by atoms with van der Waals surface area (Å²) in [5.41, 5.74) is 1.48. The Bertz CT molecular complexity index is 994. The van der Waals surface area contributed by atoms with Gasteiger partial charge >= 0.3 is 5.97 Å². The number of rotatable bonds is 7. The Morgan fingerprint density at radius 2 is 1.90 bits per heavy atom. The zero-order valence-corrected chi connectivity index (χ0v) is 18.6. The average Bonchev–Trinajstić information content (AvgIpc) is 3.14. The topological polar surface area (TPSA) is 106 Å². The summed E-state index contributed by atoms with van der Waals surface area (Å²) in [5, 5.41) is 1.90. The maximum absolute atomic E-state index is 12.6. The molecule has 0 saturated carbocycles. The second kappa shape index (κ2) is 9.57. The standard InChI is InChI=1S/C20H25N3O5S2/c1-3-28-19(25)15-8-10-23(11-9-15)18(24)12-16-13-29-20(21-16)22-30(26,27)17-6-4-14(2)5-7-17/h4-7,13,15H,3,8-12H2,1-2H3,(H,21,22). The van der Waals surface area contributed by atoms with Gasteiger partial charge in [-0.05, 0) is 38.8 Å². The maximum atomic E-state index is 12.6. The van der Waals surface area contributed by atoms with Gasteiger partial charge in [-0.3, -0.25) is 14.3 Å². The molecule has 162 valence electrons. The lowest BCUT2D eigenvalue weighted by atomic mass is 9.97. The molecule has 0 aliphatic carbocycles. The number of thiazole rings is 1. The number of benzene rings is 1. The highest BCUT2D eigenvalue weighted by molar-refractivity contribution is 7.93. The van der Waals surface area contributed by atoms with Crippen LogP contribution in [0.3, 0.4) is 0 Å². The smallest absolute Gasteiger partial charge is 0.309 e. The predicted octanol–water partition coefficient (Wildman–Crippen LogP) is 2.60. The molecule has 2 aromatic rings. The van der Waals surface area contributed by atoms with Crippen molar-refractivity contribution in [1.29, 1.82) is 0 Å². The molecule has 0 atom stereocenters. The van der Waals surface area contributed by atoms with Crippen LogP contribution in [0.4, 0.5) is 5.13 Å². The van der Waals surface area contributed by atoms with Crippen molar-refractivity contribution in [3.8, 4) is 0 Å². The first kappa shape index (κ1) is 22.2. The molecule has 2 heterocycles. The number of ether oxygens (including phenoxy) is 1. The third kappa shape index (κ3) is 5.57. The van der Waals surface area contributed by atoms with Gasteiger partial charge in [0.05, 0.1) is 29.5 Å². The Kier molecular flexibility index (Phi) is 7.09. The van der Waals surface area contributed by atoms with E-state index in [0.717, 1.165) is 16.9 Å². The summed E-state index contributed by atoms with van der Waals surface area (Å²) in [6.07, 6.45) is 1.26. The van der Waals surface area contributed by atoms with Crippen LogP contribution in [0, 0.1) is 12.8 Å². The first-order valence-corrected chi connectivity index (χ1v) is 12.1. The van der Waals surface area contributed by atoms with Gasteiger partial charge in [-0.2, -0.15) is 0 Å². The number of aryl methyl sites for hydroxylation is 1. The van der Waals surface area contributed by atoms with Crippen LogP contribution in [0.2, 0.25) is 0 Å². The molecule has 1 saturated heterocycles. The Morgan fingerprint density at radius 1 is 1.23 bits per heavy atom. The molecule has 1 aliphatic heterocycles. The van der Waals surface area contributed by atoms with Gasteiger partial charge in [0.25, 0.3) is 10.0 Å². The van der Waals surface area contributed by atoms with E-state index >= 15 is 0 Å². The molecule has 10 heteroatoms. The van der Waals surface area contributed by atoms with Gasteiger partial charge in [0.2, 0.25) is 5.91 Å². The van der Waals surface area contributed by atoms with Gasteiger partial charge in [0.1, 0.15) is 0 Å². The first-order valence-electron chi connectivity index (χ1n) is 9.77. The van der Waals surface area contributed by atoms with Crippen molar-refractivity contribution in [2.24, 2.45) is 5.92 Å². The Balaban J connectivity index is 1.55. The third-order valence-electron chi connectivity index (χ3n) is 4.90. The summed E-state index contributed by atoms with van der Waals surface area (Å²) in [6.45, 7) is 5.02. The molecule has 0 spiro atoms. The number of likely N-dealkylation sites (tertiary alicyclic amines) is 1. The third-order valence-corrected chi connectivity index (χ3v) is 7.20. The SMILES string of the molecule is CCOC(=O)C1CCN(C(=O)Cc2csc(NS(=O)(=O)c3ccc(C)cc3)n2)CC1. The summed E-state index contributed by atoms with van der Waals surface area (Å²) >= 11 is 1.14. The maximum Gasteiger partial charge on any atom is 0.309 e. The molecule has 1 aromatic heterocycles. The van der Waals surface area contributed by atoms with Crippen molar-refractivity contribution >= 4 is 38.4 Å². The van der Waals surface area contributed by atoms with E-state index in [1.54, 1.807) is 29.3 Å². The lowest BCUT2D eigenvalue weighted by Crippen LogP contribution is -2.41. The van der Waals surface area contributed by atoms with Gasteiger partial charge < -0.3 is 9.64 Å². The highest BCUT2D eigenvalue weighted by Gasteiger charge is 2.28. The number of hydrogen-bond acceptors (Lipinski definition) is 7. The first-order chi connectivity index (χ1) is 14.3. The number of carbonyl (C=O) groups is 2. The number of aromatic nitrogens is 1. The Morgan fingerprint density at radius 3 is 2.53 bits per heavy atom. The highest BCUT2D eigenvalue weighted by atomic mass is 32.2. The number of nitrogens with zero attached hydrogens (tertiary/aromatic N) is 2. The molecule has 1 amide bonds. The van der Waals surface area contributed by atoms with Crippen molar-refractivity contribution in [3.63, 3.8) is 0 Å². The number of esters is 1. The van der Waals surface area contributed by atoms with E-state index < -0.39 is 10.0 Å². The fourth-order valence-corrected chi connectivity index (χ4v) is 5.18. The number of piperidine rings is 1. The Labute approximate surface area is 180 Å². The van der Waals surface area contributed by atoms with E-state index in [1.807, 2.05) is 6.92 Å². The quantitative estimate of drug-likeness (QED) is 0.649. The van der Waals surface area contributed by atoms with E-state index in [9.17, 15) is 18.0 Å². The molecule has 1 fully saturated rings. The van der Waals surface area contributed by atoms with Crippen LogP contribution in [-0.2, 0) is 30.8 Å². The molecule has 8 nitrogen and oxygen atoms in total. The molecule has 1 N–H and O–H groups in total. The monoisotopic (exact) mass is 451 g/mol. The lowest BCUT2D eigenvalue weighted by molar-refractivity contribution is -0.151. The van der Waals surface area contributed by atoms with E-state index in [1.165, 1.54) is 12.1 Å². The molecule has 30 heavy (non-hydrogen) atoms. The molecular formula is C20H25N3O5S2. The number of sulfonamides is 1. The average molecular weight is 452 g/mol. The summed E-state index contributed by atoms with van der Waals surface area (Å²) < 4.78 is 32.4. The second-order valence-electron chi connectivity index (χ2n) is 7.15. The lowest BCUT2D eigenvalue weighted by Gasteiger charge is -2.30. The number of carbonyl (C=O) groups excluding carboxylic acids is 2. The van der Waals surface area contributed by atoms with Crippen LogP contribution < -0.4 is 4.72 Å². The van der Waals surface area contributed by atoms with Gasteiger partial charge in [0.15, 0.2) is 5.13 Å². The number of amides is 1. The van der Waals surface area contributed by atoms with E-state index in [2.05, 4.69) is 9.71 Å². The van der Waals surface area contributed by atoms with Gasteiger partial charge in [-0.15, -0.1) is 11.3 Å². The van der Waals surface area contributed by atoms with Crippen LogP contribution in [-0.4, -0.2) is 49.9 Å². The zero-order chi connectivity index (χ0) is 21.7. The molecule has 0 unspecified atom stereocenters. The predicted molar refractivity (Wildman–Crippen MR) is 114 cm³/mol. The number of hydrogen-bond donors (Lipinski definition) is 1. The minimum absolute atomic E-state index is 0.0875. The second-order valence-corrected chi connectivity index (χ2v) is 9.69. The molecule has 0 bridgehead atoms. The van der Waals surface area contributed by atoms with Crippen molar-refractivity contribution in [3.05, 3.63) is 40.9 Å². The molecule has 1 aromatic carbocycles. The van der Waals surface area contributed by atoms with Crippen LogP contribution in [0.15, 0.2) is 34.5 Å². The molecule has 1 aliphatic rings. The van der Waals surface area contributed by atoms with Crippen LogP contribution in [0.25, 0.3) is 0 Å². The highest BCUT2D eigenvalue weighted by Crippen LogP contribution is 2.23. The van der Waals surface area contributed by atoms with Gasteiger partial charge in [-0.1, -0.05) is 17.7 Å². The zero-order valence-electron chi connectivity index (χ0n) is 17.0. The van der Waals surface area contributed by atoms with Crippen molar-refractivity contribution in [2.75, 3.05) is 24.4 Å². The number of nitrogens with one attached hydrogen (secondary N) is 1. The van der Waals surface area contributed by atoms with E-state index in [-0.39, 0.29) is 34.2 Å². The molecule has 0 radical (unpaired) electrons. The van der Waals surface area contributed by atoms with Gasteiger partial charge in [0, 0.05) is 18.5 Å².